The summed E-state index contributed by atoms with van der Waals surface area (Å²) >= 11 is 0. The summed E-state index contributed by atoms with van der Waals surface area (Å²) in [5.74, 6) is 0.663. The van der Waals surface area contributed by atoms with E-state index in [-0.39, 0.29) is 30.0 Å². The van der Waals surface area contributed by atoms with Gasteiger partial charge in [-0.05, 0) is 45.4 Å². The van der Waals surface area contributed by atoms with Gasteiger partial charge in [0, 0.05) is 31.1 Å². The van der Waals surface area contributed by atoms with E-state index in [0.29, 0.717) is 29.5 Å². The Morgan fingerprint density at radius 2 is 1.89 bits per heavy atom. The number of nitrogens with two attached hydrogens (primary N) is 1. The number of imidazole rings is 1. The van der Waals surface area contributed by atoms with Crippen LogP contribution in [-0.4, -0.2) is 36.7 Å². The number of aryl methyl sites for hydroxylation is 2. The Morgan fingerprint density at radius 3 is 2.55 bits per heavy atom. The van der Waals surface area contributed by atoms with Crippen molar-refractivity contribution >= 4 is 17.1 Å². The lowest BCUT2D eigenvalue weighted by molar-refractivity contribution is -0.122. The minimum absolute atomic E-state index is 0.107. The molecule has 3 atom stereocenters. The largest absolute Gasteiger partial charge is 0.352 e. The van der Waals surface area contributed by atoms with E-state index in [1.807, 2.05) is 11.5 Å². The van der Waals surface area contributed by atoms with E-state index in [1.165, 1.54) is 22.1 Å². The van der Waals surface area contributed by atoms with Crippen molar-refractivity contribution < 1.29 is 4.79 Å². The molecule has 9 heteroatoms. The third-order valence-corrected chi connectivity index (χ3v) is 8.83. The van der Waals surface area contributed by atoms with Crippen molar-refractivity contribution in [3.63, 3.8) is 0 Å². The molecule has 9 nitrogen and oxygen atoms in total. The molecular formula is C29H44N6O3. The fourth-order valence-corrected chi connectivity index (χ4v) is 6.05. The maximum atomic E-state index is 13.8. The van der Waals surface area contributed by atoms with E-state index in [2.05, 4.69) is 50.1 Å². The molecule has 0 radical (unpaired) electrons. The lowest BCUT2D eigenvalue weighted by atomic mass is 9.71. The molecule has 1 fully saturated rings. The van der Waals surface area contributed by atoms with Crippen LogP contribution in [0, 0.1) is 18.3 Å². The quantitative estimate of drug-likeness (QED) is 0.514. The minimum atomic E-state index is -0.532. The number of nitrogens with zero attached hydrogens (tertiary/aromatic N) is 4. The van der Waals surface area contributed by atoms with Crippen LogP contribution in [0.3, 0.4) is 0 Å². The topological polar surface area (TPSA) is 117 Å². The van der Waals surface area contributed by atoms with Crippen LogP contribution in [0.5, 0.6) is 0 Å². The van der Waals surface area contributed by atoms with Gasteiger partial charge < -0.3 is 15.6 Å². The number of amides is 1. The first-order valence-electron chi connectivity index (χ1n) is 14.1. The maximum absolute atomic E-state index is 13.8. The zero-order valence-electron chi connectivity index (χ0n) is 23.8. The predicted octanol–water partition coefficient (Wildman–Crippen LogP) is 3.31. The summed E-state index contributed by atoms with van der Waals surface area (Å²) < 4.78 is 4.34. The number of aromatic nitrogens is 4. The van der Waals surface area contributed by atoms with E-state index >= 15 is 0 Å². The van der Waals surface area contributed by atoms with Gasteiger partial charge in [0.1, 0.15) is 12.4 Å². The van der Waals surface area contributed by atoms with Crippen LogP contribution in [0.1, 0.15) is 78.5 Å². The van der Waals surface area contributed by atoms with E-state index in [1.54, 1.807) is 7.05 Å². The van der Waals surface area contributed by atoms with Crippen LogP contribution in [0.4, 0.5) is 0 Å². The van der Waals surface area contributed by atoms with Gasteiger partial charge in [-0.2, -0.15) is 0 Å². The third kappa shape index (κ3) is 5.30. The number of hydrogen-bond donors (Lipinski definition) is 2. The minimum Gasteiger partial charge on any atom is -0.352 e. The van der Waals surface area contributed by atoms with Gasteiger partial charge in [-0.25, -0.2) is 14.3 Å². The summed E-state index contributed by atoms with van der Waals surface area (Å²) in [7, 11) is 1.61. The average molecular weight is 525 g/mol. The van der Waals surface area contributed by atoms with Gasteiger partial charge in [0.25, 0.3) is 5.56 Å². The Bertz CT molecular complexity index is 1390. The smallest absolute Gasteiger partial charge is 0.332 e. The van der Waals surface area contributed by atoms with E-state index in [0.717, 1.165) is 43.1 Å². The molecule has 3 unspecified atom stereocenters. The van der Waals surface area contributed by atoms with Gasteiger partial charge >= 0.3 is 5.69 Å². The monoisotopic (exact) mass is 524 g/mol. The van der Waals surface area contributed by atoms with Crippen molar-refractivity contribution in [1.82, 2.24) is 24.0 Å². The molecule has 2 aromatic heterocycles. The molecule has 2 aliphatic carbocycles. The second-order valence-electron chi connectivity index (χ2n) is 11.6. The first kappa shape index (κ1) is 28.1. The van der Waals surface area contributed by atoms with Crippen LogP contribution in [-0.2, 0) is 24.9 Å². The number of fused-ring (bicyclic) bond motifs is 1. The fraction of sp³-hybridized carbons (Fsp3) is 0.655. The van der Waals surface area contributed by atoms with Crippen LogP contribution >= 0.6 is 0 Å². The van der Waals surface area contributed by atoms with Crippen molar-refractivity contribution in [1.29, 1.82) is 0 Å². The molecule has 2 heterocycles. The lowest BCUT2D eigenvalue weighted by Crippen LogP contribution is -2.46. The average Bonchev–Trinajstić information content (AvgIpc) is 3.21. The highest BCUT2D eigenvalue weighted by Gasteiger charge is 2.33. The number of allylic oxidation sites excluding steroid dienone is 3. The number of carbonyl (C=O) groups excluding carboxylic acids is 1. The summed E-state index contributed by atoms with van der Waals surface area (Å²) in [6.45, 7) is 10.7. The van der Waals surface area contributed by atoms with Gasteiger partial charge in [0.2, 0.25) is 5.91 Å². The normalized spacial score (nSPS) is 23.3. The molecule has 0 bridgehead atoms. The number of hydrogen-bond acceptors (Lipinski definition) is 5. The Labute approximate surface area is 224 Å². The zero-order valence-corrected chi connectivity index (χ0v) is 23.8. The van der Waals surface area contributed by atoms with Crippen molar-refractivity contribution in [3.05, 3.63) is 50.0 Å². The van der Waals surface area contributed by atoms with Crippen LogP contribution < -0.4 is 22.3 Å². The van der Waals surface area contributed by atoms with Crippen molar-refractivity contribution in [3.8, 4) is 0 Å². The molecule has 38 heavy (non-hydrogen) atoms. The van der Waals surface area contributed by atoms with Crippen molar-refractivity contribution in [2.24, 2.45) is 24.1 Å². The van der Waals surface area contributed by atoms with E-state index in [9.17, 15) is 14.4 Å². The van der Waals surface area contributed by atoms with Crippen LogP contribution in [0.2, 0.25) is 0 Å². The van der Waals surface area contributed by atoms with Gasteiger partial charge in [-0.15, -0.1) is 0 Å². The molecule has 0 aliphatic heterocycles. The Kier molecular flexibility index (Phi) is 8.16. The lowest BCUT2D eigenvalue weighted by Gasteiger charge is -2.36. The highest BCUT2D eigenvalue weighted by Crippen LogP contribution is 2.41. The molecule has 3 N–H and O–H groups in total. The summed E-state index contributed by atoms with van der Waals surface area (Å²) in [6, 6.07) is 0.216. The Balaban J connectivity index is 1.73. The van der Waals surface area contributed by atoms with E-state index in [4.69, 9.17) is 5.73 Å². The van der Waals surface area contributed by atoms with Gasteiger partial charge in [-0.1, -0.05) is 63.3 Å². The molecule has 1 saturated carbocycles. The summed E-state index contributed by atoms with van der Waals surface area (Å²) in [5, 5.41) is 3.02. The first-order chi connectivity index (χ1) is 18.0. The van der Waals surface area contributed by atoms with Crippen molar-refractivity contribution in [2.75, 3.05) is 0 Å². The standard InChI is InChI=1S/C29H44N6O3/c1-7-21(30)15-23-18(2)13-14-29(5,19(23)3)17-35-20(4)31-26-25(35)27(37)34(28(38)33(26)6)16-24(36)32-22-11-9-8-10-12-22/h13-14,18,21-22H,7-12,15-17,30H2,1-6H3,(H,32,36). The molecule has 1 amide bonds. The molecule has 0 spiro atoms. The van der Waals surface area contributed by atoms with Gasteiger partial charge in [-0.3, -0.25) is 14.2 Å². The SMILES string of the molecule is CCC(N)CC1=C(C)C(C)(Cn2c(C)nc3c2c(=O)n(CC(=O)NC2CCCCC2)c(=O)n3C)C=CC1C. The molecular weight excluding hydrogens is 480 g/mol. The second kappa shape index (κ2) is 11.0. The van der Waals surface area contributed by atoms with Crippen LogP contribution in [0.25, 0.3) is 11.2 Å². The predicted molar refractivity (Wildman–Crippen MR) is 151 cm³/mol. The van der Waals surface area contributed by atoms with E-state index < -0.39 is 11.2 Å². The molecule has 208 valence electrons. The molecule has 0 saturated heterocycles. The first-order valence-corrected chi connectivity index (χ1v) is 14.1. The van der Waals surface area contributed by atoms with Gasteiger partial charge in [0.05, 0.1) is 0 Å². The van der Waals surface area contributed by atoms with Gasteiger partial charge in [0.15, 0.2) is 11.2 Å². The summed E-state index contributed by atoms with van der Waals surface area (Å²) in [5.41, 5.74) is 8.27. The Morgan fingerprint density at radius 1 is 1.21 bits per heavy atom. The summed E-state index contributed by atoms with van der Waals surface area (Å²) in [6.07, 6.45) is 11.4. The number of nitrogens with one attached hydrogen (secondary N) is 1. The zero-order chi connectivity index (χ0) is 27.8. The third-order valence-electron chi connectivity index (χ3n) is 8.83. The number of rotatable bonds is 8. The van der Waals surface area contributed by atoms with Crippen molar-refractivity contribution in [2.45, 2.75) is 105 Å². The number of carbonyl (C=O) groups is 1. The molecule has 2 aliphatic rings. The summed E-state index contributed by atoms with van der Waals surface area (Å²) in [4.78, 5) is 44.4. The highest BCUT2D eigenvalue weighted by atomic mass is 16.2. The molecule has 0 aromatic carbocycles. The molecule has 4 rings (SSSR count). The van der Waals surface area contributed by atoms with Crippen LogP contribution in [0.15, 0.2) is 32.9 Å². The fourth-order valence-electron chi connectivity index (χ4n) is 6.05. The highest BCUT2D eigenvalue weighted by molar-refractivity contribution is 5.77. The molecule has 2 aromatic rings. The maximum Gasteiger partial charge on any atom is 0.332 e. The second-order valence-corrected chi connectivity index (χ2v) is 11.6. The Hall–Kier alpha value is -2.94.